The van der Waals surface area contributed by atoms with Crippen LogP contribution in [0.2, 0.25) is 5.02 Å². The van der Waals surface area contributed by atoms with Gasteiger partial charge in [-0.2, -0.15) is 0 Å². The Morgan fingerprint density at radius 2 is 2.21 bits per heavy atom. The van der Waals surface area contributed by atoms with Crippen LogP contribution in [0.4, 0.5) is 10.8 Å². The summed E-state index contributed by atoms with van der Waals surface area (Å²) in [6.45, 7) is 6.77. The fourth-order valence-corrected chi connectivity index (χ4v) is 3.98. The van der Waals surface area contributed by atoms with Crippen molar-refractivity contribution < 1.29 is 4.79 Å². The summed E-state index contributed by atoms with van der Waals surface area (Å²) in [6, 6.07) is 5.47. The van der Waals surface area contributed by atoms with E-state index in [2.05, 4.69) is 27.8 Å². The van der Waals surface area contributed by atoms with Gasteiger partial charge in [0.1, 0.15) is 0 Å². The number of hydrogen-bond acceptors (Lipinski definition) is 6. The smallest absolute Gasteiger partial charge is 0.237 e. The van der Waals surface area contributed by atoms with Gasteiger partial charge in [-0.25, -0.2) is 0 Å². The first-order valence-electron chi connectivity index (χ1n) is 7.81. The van der Waals surface area contributed by atoms with Crippen LogP contribution in [-0.4, -0.2) is 27.9 Å². The number of aromatic nitrogens is 2. The molecule has 1 atom stereocenters. The Kier molecular flexibility index (Phi) is 7.33. The Morgan fingerprint density at radius 1 is 1.42 bits per heavy atom. The third-order valence-corrected chi connectivity index (χ3v) is 5.86. The number of hydrogen-bond donors (Lipinski definition) is 2. The summed E-state index contributed by atoms with van der Waals surface area (Å²) in [5.41, 5.74) is 1.60. The van der Waals surface area contributed by atoms with Crippen molar-refractivity contribution in [1.29, 1.82) is 0 Å². The normalized spacial score (nSPS) is 12.0. The van der Waals surface area contributed by atoms with Crippen LogP contribution in [0, 0.1) is 6.92 Å². The zero-order valence-electron chi connectivity index (χ0n) is 13.9. The van der Waals surface area contributed by atoms with Gasteiger partial charge in [-0.1, -0.05) is 54.1 Å². The molecule has 8 heteroatoms. The molecule has 0 aliphatic carbocycles. The van der Waals surface area contributed by atoms with Crippen LogP contribution < -0.4 is 10.6 Å². The Labute approximate surface area is 155 Å². The van der Waals surface area contributed by atoms with Crippen LogP contribution in [0.5, 0.6) is 0 Å². The van der Waals surface area contributed by atoms with Gasteiger partial charge in [0.25, 0.3) is 0 Å². The van der Waals surface area contributed by atoms with E-state index >= 15 is 0 Å². The lowest BCUT2D eigenvalue weighted by Gasteiger charge is -2.12. The Morgan fingerprint density at radius 3 is 2.96 bits per heavy atom. The van der Waals surface area contributed by atoms with Crippen molar-refractivity contribution in [3.63, 3.8) is 0 Å². The summed E-state index contributed by atoms with van der Waals surface area (Å²) < 4.78 is 0.777. The van der Waals surface area contributed by atoms with Crippen molar-refractivity contribution in [1.82, 2.24) is 10.2 Å². The summed E-state index contributed by atoms with van der Waals surface area (Å²) in [5, 5.41) is 15.5. The van der Waals surface area contributed by atoms with Crippen LogP contribution in [0.15, 0.2) is 22.5 Å². The van der Waals surface area contributed by atoms with Gasteiger partial charge in [-0.3, -0.25) is 4.79 Å². The number of halogens is 1. The molecule has 0 unspecified atom stereocenters. The second-order valence-electron chi connectivity index (χ2n) is 5.32. The highest BCUT2D eigenvalue weighted by Crippen LogP contribution is 2.30. The minimum absolute atomic E-state index is 0.0824. The fourth-order valence-electron chi connectivity index (χ4n) is 1.88. The molecule has 2 rings (SSSR count). The predicted molar refractivity (Wildman–Crippen MR) is 103 cm³/mol. The highest BCUT2D eigenvalue weighted by Gasteiger charge is 2.18. The Hall–Kier alpha value is -1.31. The second kappa shape index (κ2) is 9.25. The summed E-state index contributed by atoms with van der Waals surface area (Å²) in [5.74, 6) is -0.0824. The van der Waals surface area contributed by atoms with Gasteiger partial charge in [0.2, 0.25) is 11.0 Å². The molecule has 0 aliphatic rings. The van der Waals surface area contributed by atoms with E-state index in [1.807, 2.05) is 26.0 Å². The summed E-state index contributed by atoms with van der Waals surface area (Å²) in [4.78, 5) is 12.4. The number of carbonyl (C=O) groups excluding carboxylic acids is 1. The Bertz CT molecular complexity index is 692. The van der Waals surface area contributed by atoms with Crippen molar-refractivity contribution >= 4 is 51.4 Å². The largest absolute Gasteiger partial charge is 0.360 e. The van der Waals surface area contributed by atoms with Crippen LogP contribution in [0.25, 0.3) is 0 Å². The molecule has 130 valence electrons. The molecule has 0 bridgehead atoms. The zero-order chi connectivity index (χ0) is 17.5. The maximum absolute atomic E-state index is 12.4. The van der Waals surface area contributed by atoms with Crippen molar-refractivity contribution in [2.75, 3.05) is 17.2 Å². The summed E-state index contributed by atoms with van der Waals surface area (Å²) in [6.07, 6.45) is 2.23. The van der Waals surface area contributed by atoms with E-state index in [1.165, 1.54) is 23.1 Å². The first kappa shape index (κ1) is 19.0. The molecule has 0 saturated carbocycles. The molecule has 0 radical (unpaired) electrons. The van der Waals surface area contributed by atoms with Gasteiger partial charge < -0.3 is 10.6 Å². The molecule has 0 aliphatic heterocycles. The van der Waals surface area contributed by atoms with E-state index in [0.29, 0.717) is 5.02 Å². The first-order chi connectivity index (χ1) is 11.5. The van der Waals surface area contributed by atoms with E-state index in [1.54, 1.807) is 6.07 Å². The van der Waals surface area contributed by atoms with Crippen LogP contribution >= 0.6 is 34.7 Å². The van der Waals surface area contributed by atoms with E-state index in [9.17, 15) is 4.79 Å². The number of nitrogens with one attached hydrogen (secondary N) is 2. The van der Waals surface area contributed by atoms with E-state index < -0.39 is 0 Å². The van der Waals surface area contributed by atoms with Crippen LogP contribution in [0.1, 0.15) is 32.3 Å². The second-order valence-corrected chi connectivity index (χ2v) is 8.29. The molecule has 0 saturated heterocycles. The predicted octanol–water partition coefficient (Wildman–Crippen LogP) is 4.83. The third-order valence-electron chi connectivity index (χ3n) is 3.39. The van der Waals surface area contributed by atoms with Gasteiger partial charge in [0.15, 0.2) is 4.34 Å². The zero-order valence-corrected chi connectivity index (χ0v) is 16.3. The highest BCUT2D eigenvalue weighted by atomic mass is 35.5. The summed E-state index contributed by atoms with van der Waals surface area (Å²) >= 11 is 8.95. The van der Waals surface area contributed by atoms with Crippen molar-refractivity contribution in [3.8, 4) is 0 Å². The van der Waals surface area contributed by atoms with Crippen molar-refractivity contribution in [2.24, 2.45) is 0 Å². The molecule has 2 N–H and O–H groups in total. The van der Waals surface area contributed by atoms with Gasteiger partial charge in [0, 0.05) is 17.3 Å². The fraction of sp³-hybridized carbons (Fsp3) is 0.438. The number of rotatable bonds is 8. The van der Waals surface area contributed by atoms with E-state index in [4.69, 9.17) is 11.6 Å². The van der Waals surface area contributed by atoms with Crippen molar-refractivity contribution in [2.45, 2.75) is 43.2 Å². The van der Waals surface area contributed by atoms with Gasteiger partial charge in [-0.15, -0.1) is 10.2 Å². The van der Waals surface area contributed by atoms with Crippen molar-refractivity contribution in [3.05, 3.63) is 28.8 Å². The molecule has 1 aromatic heterocycles. The van der Waals surface area contributed by atoms with Gasteiger partial charge >= 0.3 is 0 Å². The minimum Gasteiger partial charge on any atom is -0.360 e. The average molecular weight is 385 g/mol. The monoisotopic (exact) mass is 384 g/mol. The van der Waals surface area contributed by atoms with E-state index in [0.717, 1.165) is 40.1 Å². The number of unbranched alkanes of at least 4 members (excludes halogenated alkanes) is 1. The number of thioether (sulfide) groups is 1. The average Bonchev–Trinajstić information content (AvgIpc) is 2.99. The topological polar surface area (TPSA) is 66.9 Å². The highest BCUT2D eigenvalue weighted by molar-refractivity contribution is 8.02. The quantitative estimate of drug-likeness (QED) is 0.504. The van der Waals surface area contributed by atoms with Crippen LogP contribution in [0.3, 0.4) is 0 Å². The molecule has 5 nitrogen and oxygen atoms in total. The lowest BCUT2D eigenvalue weighted by molar-refractivity contribution is -0.115. The molecule has 0 fully saturated rings. The van der Waals surface area contributed by atoms with Crippen LogP contribution in [-0.2, 0) is 4.79 Å². The van der Waals surface area contributed by atoms with Gasteiger partial charge in [0.05, 0.1) is 5.25 Å². The van der Waals surface area contributed by atoms with Gasteiger partial charge in [-0.05, 0) is 38.0 Å². The number of benzene rings is 1. The molecule has 0 spiro atoms. The lowest BCUT2D eigenvalue weighted by Crippen LogP contribution is -2.22. The first-order valence-corrected chi connectivity index (χ1v) is 9.88. The maximum atomic E-state index is 12.4. The number of amides is 1. The minimum atomic E-state index is -0.278. The molecule has 2 aromatic rings. The van der Waals surface area contributed by atoms with E-state index in [-0.39, 0.29) is 11.2 Å². The molecule has 1 heterocycles. The molecule has 24 heavy (non-hydrogen) atoms. The molecular formula is C16H21ClN4OS2. The molecule has 1 aromatic carbocycles. The molecular weight excluding hydrogens is 364 g/mol. The Balaban J connectivity index is 1.90. The maximum Gasteiger partial charge on any atom is 0.237 e. The third kappa shape index (κ3) is 5.36. The number of nitrogens with zero attached hydrogens (tertiary/aromatic N) is 2. The lowest BCUT2D eigenvalue weighted by atomic mass is 10.2. The molecule has 1 amide bonds. The standard InChI is InChI=1S/C16H21ClN4OS2/c1-4-5-9-18-15-20-21-16(24-15)23-11(3)14(22)19-13-8-6-7-12(17)10(13)2/h6-8,11H,4-5,9H2,1-3H3,(H,18,20)(H,19,22)/t11-/m1/s1. The number of anilines is 2. The summed E-state index contributed by atoms with van der Waals surface area (Å²) in [7, 11) is 0. The number of carbonyl (C=O) groups is 1. The SMILES string of the molecule is CCCCNc1nnc(S[C@H](C)C(=O)Nc2cccc(Cl)c2C)s1.